The van der Waals surface area contributed by atoms with E-state index in [-0.39, 0.29) is 29.2 Å². The number of methoxy groups -OCH3 is 1. The average Bonchev–Trinajstić information content (AvgIpc) is 2.42. The van der Waals surface area contributed by atoms with Crippen LogP contribution in [0.1, 0.15) is 41.1 Å². The zero-order valence-corrected chi connectivity index (χ0v) is 11.7. The third kappa shape index (κ3) is 2.51. The van der Waals surface area contributed by atoms with E-state index in [9.17, 15) is 9.59 Å². The second kappa shape index (κ2) is 5.20. The number of pyridine rings is 1. The predicted molar refractivity (Wildman–Crippen MR) is 71.6 cm³/mol. The number of carboxylic acids is 1. The fourth-order valence-electron chi connectivity index (χ4n) is 2.46. The molecule has 2 rings (SSSR count). The van der Waals surface area contributed by atoms with Crippen LogP contribution in [0.15, 0.2) is 18.3 Å². The van der Waals surface area contributed by atoms with Crippen LogP contribution in [0.4, 0.5) is 0 Å². The third-order valence-corrected chi connectivity index (χ3v) is 4.01. The number of aromatic nitrogens is 1. The van der Waals surface area contributed by atoms with E-state index in [1.807, 2.05) is 13.8 Å². The van der Waals surface area contributed by atoms with Gasteiger partial charge in [-0.2, -0.15) is 0 Å². The van der Waals surface area contributed by atoms with Crippen molar-refractivity contribution in [1.29, 1.82) is 0 Å². The lowest BCUT2D eigenvalue weighted by Gasteiger charge is -2.51. The summed E-state index contributed by atoms with van der Waals surface area (Å²) in [5.41, 5.74) is 0.0296. The molecule has 1 heterocycles. The van der Waals surface area contributed by atoms with Gasteiger partial charge in [-0.05, 0) is 18.6 Å². The van der Waals surface area contributed by atoms with Crippen LogP contribution in [-0.4, -0.2) is 41.2 Å². The summed E-state index contributed by atoms with van der Waals surface area (Å²) in [6.45, 7) is 4.07. The Morgan fingerprint density at radius 1 is 1.50 bits per heavy atom. The summed E-state index contributed by atoms with van der Waals surface area (Å²) in [7, 11) is 1.66. The summed E-state index contributed by atoms with van der Waals surface area (Å²) in [5.74, 6) is -1.44. The lowest BCUT2D eigenvalue weighted by Crippen LogP contribution is -2.61. The van der Waals surface area contributed by atoms with Crippen molar-refractivity contribution in [1.82, 2.24) is 10.3 Å². The molecule has 1 saturated carbocycles. The Kier molecular flexibility index (Phi) is 3.76. The Morgan fingerprint density at radius 2 is 2.20 bits per heavy atom. The average molecular weight is 278 g/mol. The highest BCUT2D eigenvalue weighted by Crippen LogP contribution is 2.42. The summed E-state index contributed by atoms with van der Waals surface area (Å²) in [6.07, 6.45) is 2.20. The Hall–Kier alpha value is -1.95. The molecule has 0 spiro atoms. The molecule has 0 aromatic carbocycles. The zero-order chi connectivity index (χ0) is 14.9. The minimum absolute atomic E-state index is 0.0152. The van der Waals surface area contributed by atoms with Crippen molar-refractivity contribution >= 4 is 11.9 Å². The molecular weight excluding hydrogens is 260 g/mol. The van der Waals surface area contributed by atoms with E-state index in [1.54, 1.807) is 7.11 Å². The molecule has 6 nitrogen and oxygen atoms in total. The van der Waals surface area contributed by atoms with E-state index in [4.69, 9.17) is 9.84 Å². The normalized spacial score (nSPS) is 23.8. The number of carbonyl (C=O) groups excluding carboxylic acids is 1. The Balaban J connectivity index is 2.06. The standard InChI is InChI=1S/C14H18N2O4/c1-14(2)10(7-11(14)20-3)16-12(17)8-4-5-15-9(6-8)13(18)19/h4-6,10-11H,7H2,1-3H3,(H,16,17)(H,18,19). The largest absolute Gasteiger partial charge is 0.477 e. The van der Waals surface area contributed by atoms with Gasteiger partial charge in [0.1, 0.15) is 5.69 Å². The topological polar surface area (TPSA) is 88.5 Å². The van der Waals surface area contributed by atoms with Gasteiger partial charge in [0.15, 0.2) is 0 Å². The van der Waals surface area contributed by atoms with Gasteiger partial charge >= 0.3 is 5.97 Å². The van der Waals surface area contributed by atoms with Crippen molar-refractivity contribution in [3.8, 4) is 0 Å². The van der Waals surface area contributed by atoms with E-state index < -0.39 is 5.97 Å². The number of hydrogen-bond donors (Lipinski definition) is 2. The fourth-order valence-corrected chi connectivity index (χ4v) is 2.46. The molecule has 2 atom stereocenters. The molecule has 1 aliphatic rings. The van der Waals surface area contributed by atoms with Crippen molar-refractivity contribution in [2.24, 2.45) is 5.41 Å². The molecule has 108 valence electrons. The second-order valence-corrected chi connectivity index (χ2v) is 5.54. The van der Waals surface area contributed by atoms with Gasteiger partial charge in [0.05, 0.1) is 6.10 Å². The molecule has 1 fully saturated rings. The highest BCUT2D eigenvalue weighted by atomic mass is 16.5. The van der Waals surface area contributed by atoms with Crippen LogP contribution in [0.3, 0.4) is 0 Å². The van der Waals surface area contributed by atoms with Crippen LogP contribution in [-0.2, 0) is 4.74 Å². The van der Waals surface area contributed by atoms with Gasteiger partial charge in [-0.25, -0.2) is 9.78 Å². The molecule has 6 heteroatoms. The van der Waals surface area contributed by atoms with E-state index in [2.05, 4.69) is 10.3 Å². The van der Waals surface area contributed by atoms with Crippen molar-refractivity contribution in [2.45, 2.75) is 32.4 Å². The first-order valence-corrected chi connectivity index (χ1v) is 6.39. The number of amides is 1. The van der Waals surface area contributed by atoms with Crippen molar-refractivity contribution in [2.75, 3.05) is 7.11 Å². The van der Waals surface area contributed by atoms with Crippen LogP contribution in [0, 0.1) is 5.41 Å². The van der Waals surface area contributed by atoms with Crippen LogP contribution >= 0.6 is 0 Å². The lowest BCUT2D eigenvalue weighted by atomic mass is 9.64. The smallest absolute Gasteiger partial charge is 0.354 e. The quantitative estimate of drug-likeness (QED) is 0.867. The summed E-state index contributed by atoms with van der Waals surface area (Å²) in [5, 5.41) is 11.8. The lowest BCUT2D eigenvalue weighted by molar-refractivity contribution is -0.0942. The number of rotatable bonds is 4. The first-order chi connectivity index (χ1) is 9.36. The van der Waals surface area contributed by atoms with Crippen LogP contribution in [0.2, 0.25) is 0 Å². The second-order valence-electron chi connectivity index (χ2n) is 5.54. The first-order valence-electron chi connectivity index (χ1n) is 6.39. The van der Waals surface area contributed by atoms with Gasteiger partial charge < -0.3 is 15.2 Å². The van der Waals surface area contributed by atoms with E-state index in [1.165, 1.54) is 18.3 Å². The molecule has 20 heavy (non-hydrogen) atoms. The van der Waals surface area contributed by atoms with Gasteiger partial charge in [-0.15, -0.1) is 0 Å². The molecule has 2 N–H and O–H groups in total. The number of nitrogens with zero attached hydrogens (tertiary/aromatic N) is 1. The van der Waals surface area contributed by atoms with Crippen LogP contribution < -0.4 is 5.32 Å². The third-order valence-electron chi connectivity index (χ3n) is 4.01. The fraction of sp³-hybridized carbons (Fsp3) is 0.500. The van der Waals surface area contributed by atoms with Gasteiger partial charge in [-0.3, -0.25) is 4.79 Å². The summed E-state index contributed by atoms with van der Waals surface area (Å²) < 4.78 is 5.33. The van der Waals surface area contributed by atoms with E-state index in [0.717, 1.165) is 6.42 Å². The number of hydrogen-bond acceptors (Lipinski definition) is 4. The molecule has 0 aliphatic heterocycles. The van der Waals surface area contributed by atoms with Crippen molar-refractivity contribution in [3.05, 3.63) is 29.6 Å². The summed E-state index contributed by atoms with van der Waals surface area (Å²) >= 11 is 0. The number of carbonyl (C=O) groups is 2. The maximum atomic E-state index is 12.1. The van der Waals surface area contributed by atoms with E-state index >= 15 is 0 Å². The van der Waals surface area contributed by atoms with Crippen molar-refractivity contribution < 1.29 is 19.4 Å². The molecule has 0 bridgehead atoms. The molecular formula is C14H18N2O4. The Labute approximate surface area is 117 Å². The monoisotopic (exact) mass is 278 g/mol. The zero-order valence-electron chi connectivity index (χ0n) is 11.7. The van der Waals surface area contributed by atoms with Gasteiger partial charge in [0, 0.05) is 30.3 Å². The number of ether oxygens (including phenoxy) is 1. The van der Waals surface area contributed by atoms with Gasteiger partial charge in [0.2, 0.25) is 0 Å². The number of carboxylic acid groups (broad SMARTS) is 1. The molecule has 0 saturated heterocycles. The summed E-state index contributed by atoms with van der Waals surface area (Å²) in [4.78, 5) is 26.7. The molecule has 1 aromatic heterocycles. The molecule has 2 unspecified atom stereocenters. The minimum atomic E-state index is -1.15. The Bertz CT molecular complexity index is 542. The van der Waals surface area contributed by atoms with Gasteiger partial charge in [-0.1, -0.05) is 13.8 Å². The SMILES string of the molecule is COC1CC(NC(=O)c2ccnc(C(=O)O)c2)C1(C)C. The first kappa shape index (κ1) is 14.5. The summed E-state index contributed by atoms with van der Waals surface area (Å²) in [6, 6.07) is 2.79. The number of aromatic carboxylic acids is 1. The highest BCUT2D eigenvalue weighted by Gasteiger charge is 2.49. The highest BCUT2D eigenvalue weighted by molar-refractivity contribution is 5.96. The Morgan fingerprint density at radius 3 is 2.75 bits per heavy atom. The maximum Gasteiger partial charge on any atom is 0.354 e. The predicted octanol–water partition coefficient (Wildman–Crippen LogP) is 1.32. The minimum Gasteiger partial charge on any atom is -0.477 e. The number of nitrogens with one attached hydrogen (secondary N) is 1. The molecule has 1 amide bonds. The molecule has 0 radical (unpaired) electrons. The molecule has 1 aromatic rings. The molecule has 1 aliphatic carbocycles. The van der Waals surface area contributed by atoms with E-state index in [0.29, 0.717) is 5.56 Å². The van der Waals surface area contributed by atoms with Gasteiger partial charge in [0.25, 0.3) is 5.91 Å². The van der Waals surface area contributed by atoms with Crippen LogP contribution in [0.5, 0.6) is 0 Å². The maximum absolute atomic E-state index is 12.1. The van der Waals surface area contributed by atoms with Crippen molar-refractivity contribution in [3.63, 3.8) is 0 Å². The van der Waals surface area contributed by atoms with Crippen LogP contribution in [0.25, 0.3) is 0 Å².